The lowest BCUT2D eigenvalue weighted by Crippen LogP contribution is -2.51. The monoisotopic (exact) mass is 417 g/mol. The second-order valence-corrected chi connectivity index (χ2v) is 8.86. The molecule has 0 atom stereocenters. The molecule has 0 saturated carbocycles. The highest BCUT2D eigenvalue weighted by atomic mass is 16.5. The molecule has 1 saturated heterocycles. The van der Waals surface area contributed by atoms with Crippen molar-refractivity contribution in [2.24, 2.45) is 0 Å². The Balaban J connectivity index is 1.40. The van der Waals surface area contributed by atoms with Crippen LogP contribution in [-0.2, 0) is 27.8 Å². The van der Waals surface area contributed by atoms with Crippen LogP contribution in [0.25, 0.3) is 0 Å². The lowest BCUT2D eigenvalue weighted by atomic mass is 9.96. The van der Waals surface area contributed by atoms with Gasteiger partial charge in [-0.15, -0.1) is 0 Å². The molecular weight excluding hydrogens is 386 g/mol. The molecule has 0 unspecified atom stereocenters. The van der Waals surface area contributed by atoms with Crippen LogP contribution < -0.4 is 0 Å². The fourth-order valence-electron chi connectivity index (χ4n) is 3.43. The molecule has 30 heavy (non-hydrogen) atoms. The van der Waals surface area contributed by atoms with Crippen molar-refractivity contribution in [3.63, 3.8) is 0 Å². The summed E-state index contributed by atoms with van der Waals surface area (Å²) in [5.41, 5.74) is 1.46. The van der Waals surface area contributed by atoms with E-state index in [-0.39, 0.29) is 23.7 Å². The molecule has 0 N–H and O–H groups in total. The standard InChI is InChI=1S/C21H31N5O4/c1-14-16(15(2)29-23-14)13-19(28)26-11-9-25(10-12-26)18(27)8-6-7-17-22-20(24-30-17)21(3,4)5/h6-13H2,1-5H3. The summed E-state index contributed by atoms with van der Waals surface area (Å²) < 4.78 is 10.4. The number of aromatic nitrogens is 3. The van der Waals surface area contributed by atoms with E-state index in [2.05, 4.69) is 15.3 Å². The molecule has 9 heteroatoms. The Bertz CT molecular complexity index is 868. The van der Waals surface area contributed by atoms with Gasteiger partial charge in [0.2, 0.25) is 17.7 Å². The second-order valence-electron chi connectivity index (χ2n) is 8.86. The van der Waals surface area contributed by atoms with Gasteiger partial charge < -0.3 is 18.8 Å². The predicted molar refractivity (Wildman–Crippen MR) is 109 cm³/mol. The Morgan fingerprint density at radius 3 is 2.13 bits per heavy atom. The van der Waals surface area contributed by atoms with Crippen LogP contribution in [0.5, 0.6) is 0 Å². The van der Waals surface area contributed by atoms with E-state index in [9.17, 15) is 9.59 Å². The molecule has 3 heterocycles. The van der Waals surface area contributed by atoms with Gasteiger partial charge in [-0.3, -0.25) is 9.59 Å². The zero-order chi connectivity index (χ0) is 21.9. The molecule has 164 valence electrons. The smallest absolute Gasteiger partial charge is 0.227 e. The minimum atomic E-state index is -0.153. The molecule has 9 nitrogen and oxygen atoms in total. The van der Waals surface area contributed by atoms with Gasteiger partial charge in [-0.25, -0.2) is 0 Å². The summed E-state index contributed by atoms with van der Waals surface area (Å²) >= 11 is 0. The highest BCUT2D eigenvalue weighted by Crippen LogP contribution is 2.19. The molecule has 2 aromatic heterocycles. The van der Waals surface area contributed by atoms with E-state index >= 15 is 0 Å². The minimum absolute atomic E-state index is 0.0440. The van der Waals surface area contributed by atoms with E-state index in [1.54, 1.807) is 0 Å². The summed E-state index contributed by atoms with van der Waals surface area (Å²) in [5, 5.41) is 7.91. The van der Waals surface area contributed by atoms with Crippen LogP contribution in [0, 0.1) is 13.8 Å². The van der Waals surface area contributed by atoms with Crippen molar-refractivity contribution in [1.82, 2.24) is 25.1 Å². The Hall–Kier alpha value is -2.71. The van der Waals surface area contributed by atoms with Crippen LogP contribution >= 0.6 is 0 Å². The lowest BCUT2D eigenvalue weighted by molar-refractivity contribution is -0.139. The highest BCUT2D eigenvalue weighted by molar-refractivity contribution is 5.80. The number of carbonyl (C=O) groups excluding carboxylic acids is 2. The van der Waals surface area contributed by atoms with Gasteiger partial charge in [-0.2, -0.15) is 4.98 Å². The fourth-order valence-corrected chi connectivity index (χ4v) is 3.43. The Kier molecular flexibility index (Phi) is 6.58. The largest absolute Gasteiger partial charge is 0.361 e. The third kappa shape index (κ3) is 5.25. The number of hydrogen-bond donors (Lipinski definition) is 0. The predicted octanol–water partition coefficient (Wildman–Crippen LogP) is 2.21. The van der Waals surface area contributed by atoms with E-state index in [0.29, 0.717) is 62.9 Å². The zero-order valence-electron chi connectivity index (χ0n) is 18.5. The van der Waals surface area contributed by atoms with Crippen molar-refractivity contribution < 1.29 is 18.6 Å². The number of carbonyl (C=O) groups is 2. The summed E-state index contributed by atoms with van der Waals surface area (Å²) in [4.78, 5) is 33.1. The van der Waals surface area contributed by atoms with E-state index in [1.165, 1.54) is 0 Å². The van der Waals surface area contributed by atoms with Crippen molar-refractivity contribution in [3.05, 3.63) is 28.7 Å². The molecular formula is C21H31N5O4. The van der Waals surface area contributed by atoms with Crippen LogP contribution in [0.4, 0.5) is 0 Å². The number of aryl methyl sites for hydroxylation is 3. The van der Waals surface area contributed by atoms with Crippen molar-refractivity contribution >= 4 is 11.8 Å². The SMILES string of the molecule is Cc1noc(C)c1CC(=O)N1CCN(C(=O)CCCc2nc(C(C)(C)C)no2)CC1. The van der Waals surface area contributed by atoms with Crippen molar-refractivity contribution in [2.75, 3.05) is 26.2 Å². The van der Waals surface area contributed by atoms with Gasteiger partial charge in [-0.1, -0.05) is 31.1 Å². The zero-order valence-corrected chi connectivity index (χ0v) is 18.5. The van der Waals surface area contributed by atoms with Gasteiger partial charge in [0.25, 0.3) is 0 Å². The molecule has 0 aliphatic carbocycles. The number of hydrogen-bond acceptors (Lipinski definition) is 7. The lowest BCUT2D eigenvalue weighted by Gasteiger charge is -2.35. The third-order valence-electron chi connectivity index (χ3n) is 5.41. The first-order valence-corrected chi connectivity index (χ1v) is 10.5. The Morgan fingerprint density at radius 1 is 0.967 bits per heavy atom. The van der Waals surface area contributed by atoms with Crippen LogP contribution in [0.3, 0.4) is 0 Å². The summed E-state index contributed by atoms with van der Waals surface area (Å²) in [6.45, 7) is 12.0. The van der Waals surface area contributed by atoms with Crippen LogP contribution in [0.1, 0.15) is 62.3 Å². The molecule has 0 bridgehead atoms. The van der Waals surface area contributed by atoms with Crippen molar-refractivity contribution in [2.45, 2.75) is 65.7 Å². The average Bonchev–Trinajstić information content (AvgIpc) is 3.30. The molecule has 0 spiro atoms. The first-order valence-electron chi connectivity index (χ1n) is 10.5. The van der Waals surface area contributed by atoms with Gasteiger partial charge in [0.1, 0.15) is 5.76 Å². The summed E-state index contributed by atoms with van der Waals surface area (Å²) in [7, 11) is 0. The average molecular weight is 418 g/mol. The molecule has 1 fully saturated rings. The van der Waals surface area contributed by atoms with E-state index in [0.717, 1.165) is 11.3 Å². The first-order chi connectivity index (χ1) is 14.1. The Morgan fingerprint density at radius 2 is 1.60 bits per heavy atom. The van der Waals surface area contributed by atoms with Gasteiger partial charge in [-0.05, 0) is 20.3 Å². The van der Waals surface area contributed by atoms with Gasteiger partial charge in [0.05, 0.1) is 12.1 Å². The molecule has 0 radical (unpaired) electrons. The molecule has 2 aromatic rings. The third-order valence-corrected chi connectivity index (χ3v) is 5.41. The number of nitrogens with zero attached hydrogens (tertiary/aromatic N) is 5. The topological polar surface area (TPSA) is 106 Å². The highest BCUT2D eigenvalue weighted by Gasteiger charge is 2.26. The van der Waals surface area contributed by atoms with E-state index in [1.807, 2.05) is 44.4 Å². The maximum Gasteiger partial charge on any atom is 0.227 e. The van der Waals surface area contributed by atoms with Crippen LogP contribution in [0.15, 0.2) is 9.05 Å². The number of amides is 2. The fraction of sp³-hybridized carbons (Fsp3) is 0.667. The van der Waals surface area contributed by atoms with E-state index < -0.39 is 0 Å². The molecule has 2 amide bonds. The number of piperazine rings is 1. The maximum atomic E-state index is 12.6. The van der Waals surface area contributed by atoms with E-state index in [4.69, 9.17) is 9.05 Å². The van der Waals surface area contributed by atoms with Gasteiger partial charge in [0, 0.05) is 50.0 Å². The summed E-state index contributed by atoms with van der Waals surface area (Å²) in [5.74, 6) is 2.08. The summed E-state index contributed by atoms with van der Waals surface area (Å²) in [6.07, 6.45) is 1.97. The van der Waals surface area contributed by atoms with Crippen LogP contribution in [-0.4, -0.2) is 63.1 Å². The quantitative estimate of drug-likeness (QED) is 0.709. The van der Waals surface area contributed by atoms with Gasteiger partial charge in [0.15, 0.2) is 5.82 Å². The van der Waals surface area contributed by atoms with Crippen molar-refractivity contribution in [1.29, 1.82) is 0 Å². The minimum Gasteiger partial charge on any atom is -0.361 e. The molecule has 1 aliphatic rings. The molecule has 1 aliphatic heterocycles. The second kappa shape index (κ2) is 8.97. The van der Waals surface area contributed by atoms with Crippen molar-refractivity contribution in [3.8, 4) is 0 Å². The van der Waals surface area contributed by atoms with Crippen LogP contribution in [0.2, 0.25) is 0 Å². The maximum absolute atomic E-state index is 12.6. The first kappa shape index (κ1) is 22.0. The van der Waals surface area contributed by atoms with Gasteiger partial charge >= 0.3 is 0 Å². The number of rotatable bonds is 6. The Labute approximate surface area is 176 Å². The summed E-state index contributed by atoms with van der Waals surface area (Å²) in [6, 6.07) is 0. The normalized spacial score (nSPS) is 15.0. The molecule has 3 rings (SSSR count). The molecule has 0 aromatic carbocycles.